The van der Waals surface area contributed by atoms with E-state index in [2.05, 4.69) is 68.0 Å². The Kier molecular flexibility index (Phi) is 6.87. The standard InChI is InChI=1S/C16H26BrNO/c1-11(2)9-18-10-13(5)19-16-7-6-14(17)8-15(16)12(3)4/h6-8,11-13,18H,9-10H2,1-5H3. The highest BCUT2D eigenvalue weighted by molar-refractivity contribution is 9.10. The Bertz CT molecular complexity index is 390. The first-order chi connectivity index (χ1) is 8.90. The van der Waals surface area contributed by atoms with Gasteiger partial charge in [0.15, 0.2) is 0 Å². The van der Waals surface area contributed by atoms with Crippen molar-refractivity contribution in [3.8, 4) is 5.75 Å². The first-order valence-electron chi connectivity index (χ1n) is 7.07. The summed E-state index contributed by atoms with van der Waals surface area (Å²) in [4.78, 5) is 0. The Balaban J connectivity index is 2.60. The van der Waals surface area contributed by atoms with Crippen LogP contribution >= 0.6 is 15.9 Å². The molecule has 0 heterocycles. The Morgan fingerprint density at radius 3 is 2.37 bits per heavy atom. The molecule has 1 aromatic rings. The second-order valence-electron chi connectivity index (χ2n) is 5.82. The lowest BCUT2D eigenvalue weighted by Crippen LogP contribution is -2.31. The summed E-state index contributed by atoms with van der Waals surface area (Å²) in [5, 5.41) is 3.43. The van der Waals surface area contributed by atoms with E-state index in [1.54, 1.807) is 0 Å². The van der Waals surface area contributed by atoms with Crippen LogP contribution < -0.4 is 10.1 Å². The van der Waals surface area contributed by atoms with Gasteiger partial charge in [-0.3, -0.25) is 0 Å². The number of rotatable bonds is 7. The predicted octanol–water partition coefficient (Wildman–Crippen LogP) is 4.59. The fourth-order valence-corrected chi connectivity index (χ4v) is 2.29. The van der Waals surface area contributed by atoms with E-state index in [1.807, 2.05) is 6.07 Å². The van der Waals surface area contributed by atoms with Crippen LogP contribution in [0.1, 0.15) is 46.1 Å². The third-order valence-corrected chi connectivity index (χ3v) is 3.40. The van der Waals surface area contributed by atoms with E-state index in [0.29, 0.717) is 11.8 Å². The SMILES string of the molecule is CC(C)CNCC(C)Oc1ccc(Br)cc1C(C)C. The quantitative estimate of drug-likeness (QED) is 0.791. The summed E-state index contributed by atoms with van der Waals surface area (Å²) < 4.78 is 7.17. The van der Waals surface area contributed by atoms with Crippen LogP contribution in [-0.2, 0) is 0 Å². The largest absolute Gasteiger partial charge is 0.489 e. The van der Waals surface area contributed by atoms with Crippen LogP contribution in [0.5, 0.6) is 5.75 Å². The van der Waals surface area contributed by atoms with Gasteiger partial charge in [0, 0.05) is 11.0 Å². The third kappa shape index (κ3) is 5.96. The Labute approximate surface area is 126 Å². The maximum Gasteiger partial charge on any atom is 0.123 e. The fourth-order valence-electron chi connectivity index (χ4n) is 1.91. The van der Waals surface area contributed by atoms with Gasteiger partial charge in [-0.2, -0.15) is 0 Å². The van der Waals surface area contributed by atoms with E-state index in [1.165, 1.54) is 5.56 Å². The van der Waals surface area contributed by atoms with E-state index in [-0.39, 0.29) is 6.10 Å². The molecule has 108 valence electrons. The molecule has 0 aromatic heterocycles. The van der Waals surface area contributed by atoms with Crippen LogP contribution in [0.2, 0.25) is 0 Å². The number of ether oxygens (including phenoxy) is 1. The van der Waals surface area contributed by atoms with Crippen molar-refractivity contribution in [2.24, 2.45) is 5.92 Å². The molecule has 0 saturated carbocycles. The molecule has 0 bridgehead atoms. The van der Waals surface area contributed by atoms with Gasteiger partial charge < -0.3 is 10.1 Å². The molecule has 0 aliphatic carbocycles. The summed E-state index contributed by atoms with van der Waals surface area (Å²) in [5.41, 5.74) is 1.25. The topological polar surface area (TPSA) is 21.3 Å². The number of benzene rings is 1. The first-order valence-corrected chi connectivity index (χ1v) is 7.86. The second kappa shape index (κ2) is 7.91. The third-order valence-electron chi connectivity index (χ3n) is 2.91. The summed E-state index contributed by atoms with van der Waals surface area (Å²) in [6.07, 6.45) is 0.178. The minimum Gasteiger partial charge on any atom is -0.489 e. The molecule has 1 N–H and O–H groups in total. The summed E-state index contributed by atoms with van der Waals surface area (Å²) in [6.45, 7) is 12.8. The van der Waals surface area contributed by atoms with Gasteiger partial charge in [-0.1, -0.05) is 43.6 Å². The lowest BCUT2D eigenvalue weighted by Gasteiger charge is -2.20. The van der Waals surface area contributed by atoms with E-state index in [9.17, 15) is 0 Å². The molecule has 0 spiro atoms. The van der Waals surface area contributed by atoms with E-state index < -0.39 is 0 Å². The molecule has 0 fully saturated rings. The van der Waals surface area contributed by atoms with Gasteiger partial charge in [-0.25, -0.2) is 0 Å². The Hall–Kier alpha value is -0.540. The average Bonchev–Trinajstić information content (AvgIpc) is 2.30. The minimum atomic E-state index is 0.178. The first kappa shape index (κ1) is 16.5. The predicted molar refractivity (Wildman–Crippen MR) is 86.0 cm³/mol. The zero-order valence-electron chi connectivity index (χ0n) is 12.7. The second-order valence-corrected chi connectivity index (χ2v) is 6.73. The maximum atomic E-state index is 6.06. The van der Waals surface area contributed by atoms with Crippen molar-refractivity contribution in [3.63, 3.8) is 0 Å². The van der Waals surface area contributed by atoms with Gasteiger partial charge in [-0.05, 0) is 49.1 Å². The average molecular weight is 328 g/mol. The van der Waals surface area contributed by atoms with Crippen molar-refractivity contribution in [1.29, 1.82) is 0 Å². The highest BCUT2D eigenvalue weighted by Gasteiger charge is 2.11. The zero-order chi connectivity index (χ0) is 14.4. The molecular formula is C16H26BrNO. The van der Waals surface area contributed by atoms with Crippen LogP contribution in [0.15, 0.2) is 22.7 Å². The number of hydrogen-bond donors (Lipinski definition) is 1. The van der Waals surface area contributed by atoms with Crippen molar-refractivity contribution in [2.75, 3.05) is 13.1 Å². The Morgan fingerprint density at radius 2 is 1.79 bits per heavy atom. The molecule has 0 aliphatic heterocycles. The summed E-state index contributed by atoms with van der Waals surface area (Å²) >= 11 is 3.52. The van der Waals surface area contributed by atoms with Gasteiger partial charge >= 0.3 is 0 Å². The van der Waals surface area contributed by atoms with Crippen molar-refractivity contribution < 1.29 is 4.74 Å². The fraction of sp³-hybridized carbons (Fsp3) is 0.625. The minimum absolute atomic E-state index is 0.178. The van der Waals surface area contributed by atoms with Gasteiger partial charge in [0.05, 0.1) is 0 Å². The van der Waals surface area contributed by atoms with Crippen LogP contribution in [-0.4, -0.2) is 19.2 Å². The van der Waals surface area contributed by atoms with Crippen molar-refractivity contribution in [2.45, 2.75) is 46.6 Å². The number of halogens is 1. The van der Waals surface area contributed by atoms with Gasteiger partial charge in [0.2, 0.25) is 0 Å². The molecule has 0 aliphatic rings. The Morgan fingerprint density at radius 1 is 1.11 bits per heavy atom. The lowest BCUT2D eigenvalue weighted by molar-refractivity contribution is 0.213. The van der Waals surface area contributed by atoms with Crippen LogP contribution in [0.25, 0.3) is 0 Å². The highest BCUT2D eigenvalue weighted by Crippen LogP contribution is 2.30. The van der Waals surface area contributed by atoms with Crippen molar-refractivity contribution in [1.82, 2.24) is 5.32 Å². The van der Waals surface area contributed by atoms with Gasteiger partial charge in [0.25, 0.3) is 0 Å². The van der Waals surface area contributed by atoms with Crippen LogP contribution in [0.3, 0.4) is 0 Å². The molecule has 19 heavy (non-hydrogen) atoms. The molecular weight excluding hydrogens is 302 g/mol. The smallest absolute Gasteiger partial charge is 0.123 e. The molecule has 1 unspecified atom stereocenters. The van der Waals surface area contributed by atoms with E-state index in [4.69, 9.17) is 4.74 Å². The van der Waals surface area contributed by atoms with Crippen LogP contribution in [0, 0.1) is 5.92 Å². The van der Waals surface area contributed by atoms with Gasteiger partial charge in [-0.15, -0.1) is 0 Å². The van der Waals surface area contributed by atoms with Gasteiger partial charge in [0.1, 0.15) is 11.9 Å². The van der Waals surface area contributed by atoms with Crippen molar-refractivity contribution >= 4 is 15.9 Å². The monoisotopic (exact) mass is 327 g/mol. The van der Waals surface area contributed by atoms with Crippen LogP contribution in [0.4, 0.5) is 0 Å². The molecule has 0 amide bonds. The summed E-state index contributed by atoms with van der Waals surface area (Å²) in [6, 6.07) is 6.24. The van der Waals surface area contributed by atoms with E-state index in [0.717, 1.165) is 23.3 Å². The maximum absolute atomic E-state index is 6.06. The number of nitrogens with one attached hydrogen (secondary N) is 1. The highest BCUT2D eigenvalue weighted by atomic mass is 79.9. The summed E-state index contributed by atoms with van der Waals surface area (Å²) in [5.74, 6) is 2.13. The zero-order valence-corrected chi connectivity index (χ0v) is 14.3. The van der Waals surface area contributed by atoms with Crippen molar-refractivity contribution in [3.05, 3.63) is 28.2 Å². The molecule has 0 saturated heterocycles. The molecule has 2 nitrogen and oxygen atoms in total. The molecule has 0 radical (unpaired) electrons. The molecule has 1 rings (SSSR count). The normalized spacial score (nSPS) is 13.1. The molecule has 1 aromatic carbocycles. The summed E-state index contributed by atoms with van der Waals surface area (Å²) in [7, 11) is 0. The molecule has 1 atom stereocenters. The van der Waals surface area contributed by atoms with E-state index >= 15 is 0 Å². The number of hydrogen-bond acceptors (Lipinski definition) is 2. The molecule has 3 heteroatoms. The lowest BCUT2D eigenvalue weighted by atomic mass is 10.0.